The molecule has 0 radical (unpaired) electrons. The molecule has 13 nitrogen and oxygen atoms in total. The van der Waals surface area contributed by atoms with Gasteiger partial charge in [-0.05, 0) is 36.2 Å². The summed E-state index contributed by atoms with van der Waals surface area (Å²) in [6.07, 6.45) is -0.687. The molecular formula is C17H15N5O8. The van der Waals surface area contributed by atoms with E-state index in [1.54, 1.807) is 0 Å². The molecule has 13 heteroatoms. The lowest BCUT2D eigenvalue weighted by Gasteiger charge is -2.09. The van der Waals surface area contributed by atoms with E-state index in [4.69, 9.17) is 19.7 Å². The number of azide groups is 1. The SMILES string of the molecule is [N-]=[N+]=NCCCOc1ccc([N+](=O)[O-])c(COC(=O)Oc2ccc([N+](=O)[O-])cc2)c1. The van der Waals surface area contributed by atoms with Gasteiger partial charge in [0.05, 0.1) is 22.0 Å². The Morgan fingerprint density at radius 3 is 2.40 bits per heavy atom. The standard InChI is InChI=1S/C17H15N5O8/c18-20-19-8-1-9-28-15-6-7-16(22(26)27)12(10-15)11-29-17(23)30-14-4-2-13(3-5-14)21(24)25/h2-7,10H,1,8-9,11H2. The van der Waals surface area contributed by atoms with Crippen molar-refractivity contribution in [2.45, 2.75) is 13.0 Å². The number of hydrogen-bond acceptors (Lipinski definition) is 9. The average molecular weight is 417 g/mol. The minimum atomic E-state index is -1.14. The predicted octanol–water partition coefficient (Wildman–Crippen LogP) is 4.30. The molecular weight excluding hydrogens is 402 g/mol. The van der Waals surface area contributed by atoms with Gasteiger partial charge < -0.3 is 14.2 Å². The van der Waals surface area contributed by atoms with E-state index in [9.17, 15) is 25.0 Å². The maximum atomic E-state index is 11.8. The molecule has 0 atom stereocenters. The van der Waals surface area contributed by atoms with Crippen molar-refractivity contribution in [3.8, 4) is 11.5 Å². The Labute approximate surface area is 168 Å². The number of carbonyl (C=O) groups is 1. The number of nitro benzene ring substituents is 2. The van der Waals surface area contributed by atoms with Gasteiger partial charge >= 0.3 is 6.16 Å². The van der Waals surface area contributed by atoms with Crippen molar-refractivity contribution in [1.29, 1.82) is 0 Å². The fourth-order valence-corrected chi connectivity index (χ4v) is 2.21. The number of nitrogens with zero attached hydrogens (tertiary/aromatic N) is 5. The van der Waals surface area contributed by atoms with E-state index in [1.165, 1.54) is 30.3 Å². The number of benzene rings is 2. The third-order valence-electron chi connectivity index (χ3n) is 3.58. The van der Waals surface area contributed by atoms with E-state index in [-0.39, 0.29) is 35.8 Å². The Bertz CT molecular complexity index is 973. The third kappa shape index (κ3) is 6.65. The van der Waals surface area contributed by atoms with Gasteiger partial charge in [-0.25, -0.2) is 4.79 Å². The Kier molecular flexibility index (Phi) is 7.91. The predicted molar refractivity (Wildman–Crippen MR) is 101 cm³/mol. The van der Waals surface area contributed by atoms with Gasteiger partial charge in [0.2, 0.25) is 0 Å². The lowest BCUT2D eigenvalue weighted by Crippen LogP contribution is -2.11. The molecule has 0 aromatic heterocycles. The van der Waals surface area contributed by atoms with Crippen molar-refractivity contribution in [2.75, 3.05) is 13.2 Å². The number of hydrogen-bond donors (Lipinski definition) is 0. The number of non-ortho nitro benzene ring substituents is 1. The maximum absolute atomic E-state index is 11.8. The van der Waals surface area contributed by atoms with Gasteiger partial charge in [0, 0.05) is 29.7 Å². The largest absolute Gasteiger partial charge is 0.514 e. The average Bonchev–Trinajstić information content (AvgIpc) is 2.72. The van der Waals surface area contributed by atoms with Crippen LogP contribution in [0.15, 0.2) is 47.6 Å². The molecule has 30 heavy (non-hydrogen) atoms. The van der Waals surface area contributed by atoms with Crippen LogP contribution in [-0.4, -0.2) is 29.2 Å². The topological polar surface area (TPSA) is 180 Å². The number of rotatable bonds is 10. The second-order valence-electron chi connectivity index (χ2n) is 5.60. The highest BCUT2D eigenvalue weighted by atomic mass is 16.7. The molecule has 0 unspecified atom stereocenters. The third-order valence-corrected chi connectivity index (χ3v) is 3.58. The Hall–Kier alpha value is -4.38. The van der Waals surface area contributed by atoms with E-state index in [1.807, 2.05) is 0 Å². The molecule has 0 bridgehead atoms. The summed E-state index contributed by atoms with van der Waals surface area (Å²) in [6, 6.07) is 8.68. The molecule has 0 N–H and O–H groups in total. The van der Waals surface area contributed by atoms with Crippen molar-refractivity contribution >= 4 is 17.5 Å². The molecule has 2 rings (SSSR count). The summed E-state index contributed by atoms with van der Waals surface area (Å²) in [7, 11) is 0. The number of carbonyl (C=O) groups excluding carboxylic acids is 1. The first-order valence-electron chi connectivity index (χ1n) is 8.40. The lowest BCUT2D eigenvalue weighted by molar-refractivity contribution is -0.385. The van der Waals surface area contributed by atoms with Crippen LogP contribution < -0.4 is 9.47 Å². The van der Waals surface area contributed by atoms with Crippen molar-refractivity contribution in [3.05, 3.63) is 78.7 Å². The summed E-state index contributed by atoms with van der Waals surface area (Å²) in [6.45, 7) is 0.00526. The number of nitro groups is 2. The van der Waals surface area contributed by atoms with Crippen LogP contribution in [0.5, 0.6) is 11.5 Å². The van der Waals surface area contributed by atoms with E-state index in [0.717, 1.165) is 12.1 Å². The monoisotopic (exact) mass is 417 g/mol. The zero-order valence-corrected chi connectivity index (χ0v) is 15.4. The highest BCUT2D eigenvalue weighted by Crippen LogP contribution is 2.25. The van der Waals surface area contributed by atoms with Crippen LogP contribution in [0, 0.1) is 20.2 Å². The zero-order chi connectivity index (χ0) is 21.9. The molecule has 0 fully saturated rings. The number of ether oxygens (including phenoxy) is 3. The van der Waals surface area contributed by atoms with Gasteiger partial charge in [-0.3, -0.25) is 20.2 Å². The molecule has 2 aromatic carbocycles. The summed E-state index contributed by atoms with van der Waals surface area (Å²) < 4.78 is 15.2. The fraction of sp³-hybridized carbons (Fsp3) is 0.235. The van der Waals surface area contributed by atoms with Crippen molar-refractivity contribution in [1.82, 2.24) is 0 Å². The van der Waals surface area contributed by atoms with Gasteiger partial charge in [-0.15, -0.1) is 0 Å². The van der Waals surface area contributed by atoms with Crippen LogP contribution in [0.4, 0.5) is 16.2 Å². The highest BCUT2D eigenvalue weighted by Gasteiger charge is 2.17. The molecule has 0 aliphatic heterocycles. The van der Waals surface area contributed by atoms with E-state index < -0.39 is 22.6 Å². The molecule has 0 aliphatic rings. The van der Waals surface area contributed by atoms with Crippen molar-refractivity contribution < 1.29 is 28.9 Å². The van der Waals surface area contributed by atoms with Crippen molar-refractivity contribution in [2.24, 2.45) is 5.11 Å². The van der Waals surface area contributed by atoms with Crippen LogP contribution in [-0.2, 0) is 11.3 Å². The molecule has 156 valence electrons. The van der Waals surface area contributed by atoms with Gasteiger partial charge in [-0.2, -0.15) is 0 Å². The first-order chi connectivity index (χ1) is 14.4. The molecule has 0 aliphatic carbocycles. The summed E-state index contributed by atoms with van der Waals surface area (Å²) in [5, 5.41) is 25.1. The fourth-order valence-electron chi connectivity index (χ4n) is 2.21. The van der Waals surface area contributed by atoms with E-state index in [0.29, 0.717) is 12.2 Å². The maximum Gasteiger partial charge on any atom is 0.514 e. The second kappa shape index (κ2) is 10.8. The second-order valence-corrected chi connectivity index (χ2v) is 5.60. The van der Waals surface area contributed by atoms with Gasteiger partial charge in [0.1, 0.15) is 18.1 Å². The molecule has 0 saturated heterocycles. The minimum absolute atomic E-state index is 0.0113. The lowest BCUT2D eigenvalue weighted by atomic mass is 10.2. The first-order valence-corrected chi connectivity index (χ1v) is 8.40. The van der Waals surface area contributed by atoms with Crippen LogP contribution >= 0.6 is 0 Å². The molecule has 0 spiro atoms. The molecule has 0 heterocycles. The van der Waals surface area contributed by atoms with Crippen LogP contribution in [0.2, 0.25) is 0 Å². The normalized spacial score (nSPS) is 9.87. The van der Waals surface area contributed by atoms with E-state index in [2.05, 4.69) is 10.0 Å². The highest BCUT2D eigenvalue weighted by molar-refractivity contribution is 5.64. The zero-order valence-electron chi connectivity index (χ0n) is 15.4. The Morgan fingerprint density at radius 1 is 1.07 bits per heavy atom. The van der Waals surface area contributed by atoms with Crippen LogP contribution in [0.25, 0.3) is 10.4 Å². The summed E-state index contributed by atoms with van der Waals surface area (Å²) >= 11 is 0. The summed E-state index contributed by atoms with van der Waals surface area (Å²) in [5.41, 5.74) is 7.83. The Balaban J connectivity index is 1.98. The quantitative estimate of drug-likeness (QED) is 0.0801. The van der Waals surface area contributed by atoms with Crippen LogP contribution in [0.3, 0.4) is 0 Å². The minimum Gasteiger partial charge on any atom is -0.494 e. The molecule has 0 saturated carbocycles. The first kappa shape index (κ1) is 21.9. The van der Waals surface area contributed by atoms with Crippen LogP contribution in [0.1, 0.15) is 12.0 Å². The van der Waals surface area contributed by atoms with Gasteiger partial charge in [-0.1, -0.05) is 5.11 Å². The Morgan fingerprint density at radius 2 is 1.77 bits per heavy atom. The molecule has 2 aromatic rings. The van der Waals surface area contributed by atoms with Crippen molar-refractivity contribution in [3.63, 3.8) is 0 Å². The van der Waals surface area contributed by atoms with E-state index >= 15 is 0 Å². The van der Waals surface area contributed by atoms with Gasteiger partial charge in [0.25, 0.3) is 11.4 Å². The summed E-state index contributed by atoms with van der Waals surface area (Å²) in [5.74, 6) is 0.320. The van der Waals surface area contributed by atoms with Gasteiger partial charge in [0.15, 0.2) is 0 Å². The smallest absolute Gasteiger partial charge is 0.494 e. The molecule has 0 amide bonds. The summed E-state index contributed by atoms with van der Waals surface area (Å²) in [4.78, 5) is 35.0.